The van der Waals surface area contributed by atoms with E-state index >= 15 is 0 Å². The highest BCUT2D eigenvalue weighted by Crippen LogP contribution is 2.34. The summed E-state index contributed by atoms with van der Waals surface area (Å²) in [6.45, 7) is 2.89. The minimum atomic E-state index is -0.562. The van der Waals surface area contributed by atoms with Crippen molar-refractivity contribution >= 4 is 10.9 Å². The second-order valence-corrected chi connectivity index (χ2v) is 7.35. The summed E-state index contributed by atoms with van der Waals surface area (Å²) < 4.78 is 20.1. The van der Waals surface area contributed by atoms with Crippen molar-refractivity contribution in [2.75, 3.05) is 26.2 Å². The Hall–Kier alpha value is -2.50. The molecule has 4 nitrogen and oxygen atoms in total. The van der Waals surface area contributed by atoms with Gasteiger partial charge in [0.15, 0.2) is 0 Å². The monoisotopic (exact) mass is 380 g/mol. The molecule has 0 saturated carbocycles. The first-order chi connectivity index (χ1) is 13.7. The second kappa shape index (κ2) is 8.67. The van der Waals surface area contributed by atoms with E-state index in [9.17, 15) is 9.50 Å². The number of aromatic nitrogens is 1. The lowest BCUT2D eigenvalue weighted by Gasteiger charge is -2.28. The fourth-order valence-electron chi connectivity index (χ4n) is 3.85. The minimum Gasteiger partial charge on any atom is -0.490 e. The Morgan fingerprint density at radius 3 is 2.71 bits per heavy atom. The molecule has 0 aliphatic carbocycles. The van der Waals surface area contributed by atoms with Gasteiger partial charge in [0.05, 0.1) is 5.52 Å². The van der Waals surface area contributed by atoms with Crippen LogP contribution in [-0.2, 0) is 0 Å². The molecule has 1 saturated heterocycles. The molecule has 1 unspecified atom stereocenters. The number of ether oxygens (including phenoxy) is 1. The van der Waals surface area contributed by atoms with Crippen LogP contribution >= 0.6 is 0 Å². The fourth-order valence-corrected chi connectivity index (χ4v) is 3.85. The van der Waals surface area contributed by atoms with Crippen LogP contribution in [0.1, 0.15) is 19.3 Å². The largest absolute Gasteiger partial charge is 0.490 e. The van der Waals surface area contributed by atoms with Crippen LogP contribution in [0.5, 0.6) is 5.75 Å². The van der Waals surface area contributed by atoms with E-state index in [2.05, 4.69) is 9.88 Å². The number of fused-ring (bicyclic) bond motifs is 1. The van der Waals surface area contributed by atoms with Gasteiger partial charge in [0.1, 0.15) is 24.3 Å². The van der Waals surface area contributed by atoms with E-state index in [1.807, 2.05) is 30.3 Å². The molecule has 1 aliphatic rings. The van der Waals surface area contributed by atoms with Gasteiger partial charge in [-0.25, -0.2) is 4.39 Å². The van der Waals surface area contributed by atoms with Crippen molar-refractivity contribution in [3.63, 3.8) is 0 Å². The number of piperidine rings is 1. The van der Waals surface area contributed by atoms with Crippen molar-refractivity contribution in [2.45, 2.75) is 25.4 Å². The molecule has 2 heterocycles. The van der Waals surface area contributed by atoms with E-state index in [1.165, 1.54) is 31.4 Å². The molecular weight excluding hydrogens is 355 g/mol. The highest BCUT2D eigenvalue weighted by Gasteiger charge is 2.17. The number of halogens is 1. The quantitative estimate of drug-likeness (QED) is 0.694. The van der Waals surface area contributed by atoms with Crippen LogP contribution < -0.4 is 4.74 Å². The lowest BCUT2D eigenvalue weighted by atomic mass is 10.0. The van der Waals surface area contributed by atoms with Gasteiger partial charge >= 0.3 is 0 Å². The van der Waals surface area contributed by atoms with Crippen LogP contribution in [-0.4, -0.2) is 47.3 Å². The van der Waals surface area contributed by atoms with Crippen LogP contribution in [0.25, 0.3) is 22.0 Å². The van der Waals surface area contributed by atoms with Crippen molar-refractivity contribution in [3.05, 3.63) is 60.5 Å². The average molecular weight is 380 g/mol. The number of hydrogen-bond donors (Lipinski definition) is 1. The number of nitrogens with zero attached hydrogens (tertiary/aromatic N) is 2. The molecule has 3 aromatic rings. The Bertz CT molecular complexity index is 941. The molecule has 0 amide bonds. The fraction of sp³-hybridized carbons (Fsp3) is 0.348. The summed E-state index contributed by atoms with van der Waals surface area (Å²) in [6.07, 6.45) is 4.79. The zero-order chi connectivity index (χ0) is 19.3. The predicted molar refractivity (Wildman–Crippen MR) is 109 cm³/mol. The lowest BCUT2D eigenvalue weighted by molar-refractivity contribution is 0.0619. The smallest absolute Gasteiger partial charge is 0.127 e. The SMILES string of the molecule is OC(COc1ccccc1-c1cc(F)cc2cccnc12)CN1CCCCC1. The predicted octanol–water partition coefficient (Wildman–Crippen LogP) is 4.27. The number of β-amino-alcohol motifs (C(OH)–C–C–N with tert-alkyl or cyclic N) is 1. The van der Waals surface area contributed by atoms with E-state index in [-0.39, 0.29) is 12.4 Å². The number of benzene rings is 2. The highest BCUT2D eigenvalue weighted by molar-refractivity contribution is 5.95. The second-order valence-electron chi connectivity index (χ2n) is 7.35. The molecule has 1 N–H and O–H groups in total. The lowest BCUT2D eigenvalue weighted by Crippen LogP contribution is -2.38. The molecule has 5 heteroatoms. The standard InChI is InChI=1S/C23H25FN2O2/c24-18-13-17-7-6-10-25-23(17)21(14-18)20-8-2-3-9-22(20)28-16-19(27)15-26-11-4-1-5-12-26/h2-3,6-10,13-14,19,27H,1,4-5,11-12,15-16H2. The Labute approximate surface area is 164 Å². The molecule has 1 aliphatic heterocycles. The number of rotatable bonds is 6. The Morgan fingerprint density at radius 1 is 1.04 bits per heavy atom. The van der Waals surface area contributed by atoms with Gasteiger partial charge < -0.3 is 14.7 Å². The average Bonchev–Trinajstić information content (AvgIpc) is 2.72. The normalized spacial score (nSPS) is 16.2. The van der Waals surface area contributed by atoms with E-state index < -0.39 is 6.10 Å². The summed E-state index contributed by atoms with van der Waals surface area (Å²) in [7, 11) is 0. The van der Waals surface area contributed by atoms with Crippen LogP contribution in [0.4, 0.5) is 4.39 Å². The molecule has 28 heavy (non-hydrogen) atoms. The van der Waals surface area contributed by atoms with Crippen molar-refractivity contribution < 1.29 is 14.2 Å². The topological polar surface area (TPSA) is 45.6 Å². The first-order valence-electron chi connectivity index (χ1n) is 9.87. The van der Waals surface area contributed by atoms with Gasteiger partial charge in [0.25, 0.3) is 0 Å². The van der Waals surface area contributed by atoms with Crippen molar-refractivity contribution in [1.29, 1.82) is 0 Å². The van der Waals surface area contributed by atoms with E-state index in [4.69, 9.17) is 4.74 Å². The van der Waals surface area contributed by atoms with Crippen molar-refractivity contribution in [1.82, 2.24) is 9.88 Å². The van der Waals surface area contributed by atoms with Gasteiger partial charge in [0, 0.05) is 29.3 Å². The molecule has 2 aromatic carbocycles. The van der Waals surface area contributed by atoms with Gasteiger partial charge in [-0.2, -0.15) is 0 Å². The first-order valence-corrected chi connectivity index (χ1v) is 9.87. The Kier molecular flexibility index (Phi) is 5.84. The molecule has 0 spiro atoms. The molecule has 0 bridgehead atoms. The zero-order valence-electron chi connectivity index (χ0n) is 15.9. The number of likely N-dealkylation sites (tertiary alicyclic amines) is 1. The molecular formula is C23H25FN2O2. The van der Waals surface area contributed by atoms with Gasteiger partial charge in [-0.05, 0) is 50.2 Å². The molecule has 1 aromatic heterocycles. The van der Waals surface area contributed by atoms with Crippen molar-refractivity contribution in [3.8, 4) is 16.9 Å². The summed E-state index contributed by atoms with van der Waals surface area (Å²) in [5.74, 6) is 0.313. The van der Waals surface area contributed by atoms with E-state index in [1.54, 1.807) is 12.3 Å². The van der Waals surface area contributed by atoms with E-state index in [0.29, 0.717) is 17.9 Å². The van der Waals surface area contributed by atoms with Gasteiger partial charge in [-0.3, -0.25) is 4.98 Å². The van der Waals surface area contributed by atoms with Gasteiger partial charge in [-0.15, -0.1) is 0 Å². The number of para-hydroxylation sites is 1. The Balaban J connectivity index is 1.55. The third kappa shape index (κ3) is 4.32. The molecule has 1 fully saturated rings. The molecule has 4 rings (SSSR count). The molecule has 1 atom stereocenters. The maximum atomic E-state index is 14.2. The molecule has 146 valence electrons. The summed E-state index contributed by atoms with van der Waals surface area (Å²) in [4.78, 5) is 6.72. The summed E-state index contributed by atoms with van der Waals surface area (Å²) in [5, 5.41) is 11.1. The summed E-state index contributed by atoms with van der Waals surface area (Å²) in [5.41, 5.74) is 2.20. The van der Waals surface area contributed by atoms with Gasteiger partial charge in [0.2, 0.25) is 0 Å². The number of hydrogen-bond acceptors (Lipinski definition) is 4. The summed E-state index contributed by atoms with van der Waals surface area (Å²) in [6, 6.07) is 14.1. The Morgan fingerprint density at radius 2 is 1.86 bits per heavy atom. The van der Waals surface area contributed by atoms with Crippen LogP contribution in [0.2, 0.25) is 0 Å². The van der Waals surface area contributed by atoms with E-state index in [0.717, 1.165) is 29.6 Å². The highest BCUT2D eigenvalue weighted by atomic mass is 19.1. The first kappa shape index (κ1) is 18.8. The van der Waals surface area contributed by atoms with Crippen LogP contribution in [0.3, 0.4) is 0 Å². The number of aliphatic hydroxyl groups is 1. The minimum absolute atomic E-state index is 0.203. The number of aliphatic hydroxyl groups excluding tert-OH is 1. The zero-order valence-corrected chi connectivity index (χ0v) is 15.9. The van der Waals surface area contributed by atoms with Crippen LogP contribution in [0, 0.1) is 5.82 Å². The third-order valence-electron chi connectivity index (χ3n) is 5.20. The maximum absolute atomic E-state index is 14.2. The van der Waals surface area contributed by atoms with Crippen molar-refractivity contribution in [2.24, 2.45) is 0 Å². The third-order valence-corrected chi connectivity index (χ3v) is 5.20. The molecule has 0 radical (unpaired) electrons. The maximum Gasteiger partial charge on any atom is 0.127 e. The van der Waals surface area contributed by atoms with Crippen LogP contribution in [0.15, 0.2) is 54.7 Å². The van der Waals surface area contributed by atoms with Gasteiger partial charge in [-0.1, -0.05) is 30.7 Å². The number of pyridine rings is 1. The summed E-state index contributed by atoms with van der Waals surface area (Å²) >= 11 is 0.